The number of thiophene rings is 1. The highest BCUT2D eigenvalue weighted by Crippen LogP contribution is 2.25. The van der Waals surface area contributed by atoms with E-state index in [0.29, 0.717) is 5.69 Å². The molecule has 0 saturated heterocycles. The van der Waals surface area contributed by atoms with E-state index < -0.39 is 11.9 Å². The van der Waals surface area contributed by atoms with Gasteiger partial charge in [-0.05, 0) is 29.6 Å². The van der Waals surface area contributed by atoms with Gasteiger partial charge in [-0.3, -0.25) is 0 Å². The molecule has 5 heteroatoms. The van der Waals surface area contributed by atoms with Crippen molar-refractivity contribution in [2.75, 3.05) is 5.32 Å². The van der Waals surface area contributed by atoms with Crippen LogP contribution in [0, 0.1) is 17.1 Å². The van der Waals surface area contributed by atoms with Gasteiger partial charge < -0.3 is 5.32 Å². The van der Waals surface area contributed by atoms with Crippen LogP contribution in [-0.2, 0) is 0 Å². The topological polar surface area (TPSA) is 35.8 Å². The molecule has 2 aromatic rings. The summed E-state index contributed by atoms with van der Waals surface area (Å²) in [4.78, 5) is 0.910. The van der Waals surface area contributed by atoms with Crippen LogP contribution >= 0.6 is 22.9 Å². The zero-order chi connectivity index (χ0) is 12.3. The van der Waals surface area contributed by atoms with Crippen molar-refractivity contribution < 1.29 is 4.39 Å². The summed E-state index contributed by atoms with van der Waals surface area (Å²) in [5.41, 5.74) is 0.622. The van der Waals surface area contributed by atoms with Crippen molar-refractivity contribution in [3.8, 4) is 6.07 Å². The number of anilines is 1. The van der Waals surface area contributed by atoms with E-state index in [1.54, 1.807) is 6.07 Å². The predicted octanol–water partition coefficient (Wildman–Crippen LogP) is 4.22. The third-order valence-electron chi connectivity index (χ3n) is 2.19. The fourth-order valence-electron chi connectivity index (χ4n) is 1.38. The van der Waals surface area contributed by atoms with E-state index in [-0.39, 0.29) is 5.02 Å². The molecular weight excluding hydrogens is 259 g/mol. The van der Waals surface area contributed by atoms with Crippen molar-refractivity contribution in [2.45, 2.75) is 6.04 Å². The van der Waals surface area contributed by atoms with Crippen molar-refractivity contribution in [1.29, 1.82) is 5.26 Å². The summed E-state index contributed by atoms with van der Waals surface area (Å²) in [7, 11) is 0. The number of nitrogens with zero attached hydrogens (tertiary/aromatic N) is 1. The smallest absolute Gasteiger partial charge is 0.149 e. The van der Waals surface area contributed by atoms with Gasteiger partial charge in [0, 0.05) is 10.6 Å². The monoisotopic (exact) mass is 266 g/mol. The second kappa shape index (κ2) is 5.17. The van der Waals surface area contributed by atoms with Crippen LogP contribution in [0.15, 0.2) is 35.7 Å². The molecule has 0 spiro atoms. The molecule has 0 saturated carbocycles. The highest BCUT2D eigenvalue weighted by molar-refractivity contribution is 7.10. The van der Waals surface area contributed by atoms with Gasteiger partial charge in [0.1, 0.15) is 11.9 Å². The van der Waals surface area contributed by atoms with Gasteiger partial charge in [-0.1, -0.05) is 17.7 Å². The number of hydrogen-bond acceptors (Lipinski definition) is 3. The second-order valence-corrected chi connectivity index (χ2v) is 4.74. The summed E-state index contributed by atoms with van der Waals surface area (Å²) in [5.74, 6) is -0.471. The van der Waals surface area contributed by atoms with Crippen LogP contribution in [0.2, 0.25) is 5.02 Å². The molecule has 86 valence electrons. The van der Waals surface area contributed by atoms with E-state index in [0.717, 1.165) is 4.88 Å². The van der Waals surface area contributed by atoms with Crippen molar-refractivity contribution in [3.63, 3.8) is 0 Å². The first kappa shape index (κ1) is 11.9. The molecular formula is C12H8ClFN2S. The van der Waals surface area contributed by atoms with Gasteiger partial charge in [-0.25, -0.2) is 4.39 Å². The van der Waals surface area contributed by atoms with Crippen LogP contribution < -0.4 is 5.32 Å². The molecule has 0 radical (unpaired) electrons. The first-order valence-electron chi connectivity index (χ1n) is 4.85. The maximum absolute atomic E-state index is 13.0. The molecule has 2 rings (SSSR count). The third-order valence-corrected chi connectivity index (χ3v) is 3.41. The van der Waals surface area contributed by atoms with Crippen molar-refractivity contribution in [2.24, 2.45) is 0 Å². The van der Waals surface area contributed by atoms with Gasteiger partial charge in [0.2, 0.25) is 0 Å². The van der Waals surface area contributed by atoms with E-state index in [9.17, 15) is 4.39 Å². The summed E-state index contributed by atoms with van der Waals surface area (Å²) < 4.78 is 13.0. The van der Waals surface area contributed by atoms with Gasteiger partial charge in [0.25, 0.3) is 0 Å². The number of benzene rings is 1. The Balaban J connectivity index is 2.20. The highest BCUT2D eigenvalue weighted by atomic mass is 35.5. The Morgan fingerprint density at radius 1 is 1.41 bits per heavy atom. The largest absolute Gasteiger partial charge is 0.365 e. The van der Waals surface area contributed by atoms with Gasteiger partial charge in [-0.15, -0.1) is 11.3 Å². The molecule has 0 fully saturated rings. The summed E-state index contributed by atoms with van der Waals surface area (Å²) in [6.45, 7) is 0. The number of rotatable bonds is 3. The summed E-state index contributed by atoms with van der Waals surface area (Å²) in [6.07, 6.45) is 0. The first-order valence-corrected chi connectivity index (χ1v) is 6.11. The molecule has 1 unspecified atom stereocenters. The zero-order valence-corrected chi connectivity index (χ0v) is 10.2. The maximum Gasteiger partial charge on any atom is 0.149 e. The average Bonchev–Trinajstić information content (AvgIpc) is 2.84. The Hall–Kier alpha value is -1.57. The van der Waals surface area contributed by atoms with Crippen molar-refractivity contribution >= 4 is 28.6 Å². The molecule has 1 aromatic carbocycles. The quantitative estimate of drug-likeness (QED) is 0.903. The van der Waals surface area contributed by atoms with Crippen LogP contribution in [0.25, 0.3) is 0 Å². The lowest BCUT2D eigenvalue weighted by Gasteiger charge is -2.11. The Kier molecular flexibility index (Phi) is 3.62. The first-order chi connectivity index (χ1) is 8.20. The van der Waals surface area contributed by atoms with E-state index in [1.807, 2.05) is 17.5 Å². The molecule has 17 heavy (non-hydrogen) atoms. The van der Waals surface area contributed by atoms with Gasteiger partial charge in [0.15, 0.2) is 0 Å². The summed E-state index contributed by atoms with van der Waals surface area (Å²) >= 11 is 7.16. The van der Waals surface area contributed by atoms with Crippen LogP contribution in [0.3, 0.4) is 0 Å². The van der Waals surface area contributed by atoms with Crippen LogP contribution in [0.4, 0.5) is 10.1 Å². The number of halogens is 2. The fraction of sp³-hybridized carbons (Fsp3) is 0.0833. The Bertz CT molecular complexity index is 548. The number of hydrogen-bond donors (Lipinski definition) is 1. The van der Waals surface area contributed by atoms with Crippen LogP contribution in [0.5, 0.6) is 0 Å². The molecule has 1 atom stereocenters. The minimum atomic E-state index is -0.471. The van der Waals surface area contributed by atoms with Gasteiger partial charge in [0.05, 0.1) is 11.1 Å². The minimum Gasteiger partial charge on any atom is -0.365 e. The molecule has 1 heterocycles. The molecule has 0 amide bonds. The molecule has 0 aliphatic rings. The van der Waals surface area contributed by atoms with E-state index in [4.69, 9.17) is 16.9 Å². The van der Waals surface area contributed by atoms with Gasteiger partial charge >= 0.3 is 0 Å². The molecule has 0 aliphatic carbocycles. The lowest BCUT2D eigenvalue weighted by atomic mass is 10.2. The molecule has 2 nitrogen and oxygen atoms in total. The number of nitrogens with one attached hydrogen (secondary N) is 1. The predicted molar refractivity (Wildman–Crippen MR) is 67.7 cm³/mol. The van der Waals surface area contributed by atoms with E-state index in [2.05, 4.69) is 11.4 Å². The lowest BCUT2D eigenvalue weighted by molar-refractivity contribution is 0.628. The SMILES string of the molecule is N#CC(Nc1ccc(F)c(Cl)c1)c1cccs1. The third kappa shape index (κ3) is 2.76. The van der Waals surface area contributed by atoms with E-state index in [1.165, 1.54) is 23.5 Å². The maximum atomic E-state index is 13.0. The summed E-state index contributed by atoms with van der Waals surface area (Å²) in [6, 6.07) is 9.75. The lowest BCUT2D eigenvalue weighted by Crippen LogP contribution is -2.06. The fourth-order valence-corrected chi connectivity index (χ4v) is 2.27. The number of nitriles is 1. The van der Waals surface area contributed by atoms with Gasteiger partial charge in [-0.2, -0.15) is 5.26 Å². The zero-order valence-electron chi connectivity index (χ0n) is 8.65. The second-order valence-electron chi connectivity index (χ2n) is 3.35. The molecule has 0 aliphatic heterocycles. The van der Waals surface area contributed by atoms with Crippen LogP contribution in [-0.4, -0.2) is 0 Å². The standard InChI is InChI=1S/C12H8ClFN2S/c13-9-6-8(3-4-10(9)14)16-11(7-15)12-2-1-5-17-12/h1-6,11,16H. The van der Waals surface area contributed by atoms with Crippen LogP contribution in [0.1, 0.15) is 10.9 Å². The summed E-state index contributed by atoms with van der Waals surface area (Å²) in [5, 5.41) is 14.0. The molecule has 1 N–H and O–H groups in total. The molecule has 0 bridgehead atoms. The Morgan fingerprint density at radius 2 is 2.24 bits per heavy atom. The van der Waals surface area contributed by atoms with E-state index >= 15 is 0 Å². The average molecular weight is 267 g/mol. The Morgan fingerprint density at radius 3 is 2.82 bits per heavy atom. The van der Waals surface area contributed by atoms with Crippen molar-refractivity contribution in [3.05, 3.63) is 51.4 Å². The Labute approximate surface area is 107 Å². The highest BCUT2D eigenvalue weighted by Gasteiger charge is 2.11. The molecule has 1 aromatic heterocycles. The normalized spacial score (nSPS) is 11.8. The minimum absolute atomic E-state index is 0.0397. The van der Waals surface area contributed by atoms with Crippen molar-refractivity contribution in [1.82, 2.24) is 0 Å².